The van der Waals surface area contributed by atoms with Crippen LogP contribution in [0.5, 0.6) is 11.5 Å². The molecule has 2 aromatic carbocycles. The topological polar surface area (TPSA) is 86.5 Å². The molecule has 1 aliphatic heterocycles. The molecule has 0 saturated heterocycles. The molecule has 0 fully saturated rings. The molecule has 1 N–H and O–H groups in total. The molecular weight excluding hydrogens is 422 g/mol. The summed E-state index contributed by atoms with van der Waals surface area (Å²) in [5, 5.41) is 6.91. The van der Waals surface area contributed by atoms with Gasteiger partial charge in [0, 0.05) is 11.6 Å². The van der Waals surface area contributed by atoms with Gasteiger partial charge in [-0.2, -0.15) is 0 Å². The first kappa shape index (κ1) is 19.0. The third-order valence-electron chi connectivity index (χ3n) is 4.45. The van der Waals surface area contributed by atoms with Crippen molar-refractivity contribution in [3.8, 4) is 22.8 Å². The largest absolute Gasteiger partial charge is 0.486 e. The highest BCUT2D eigenvalue weighted by atomic mass is 32.2. The van der Waals surface area contributed by atoms with Crippen molar-refractivity contribution in [1.29, 1.82) is 0 Å². The Kier molecular flexibility index (Phi) is 5.29. The van der Waals surface area contributed by atoms with Crippen molar-refractivity contribution in [3.05, 3.63) is 54.2 Å². The first-order valence-electron chi connectivity index (χ1n) is 9.35. The first-order chi connectivity index (χ1) is 14.7. The number of hydrogen-bond acceptors (Lipinski definition) is 8. The average molecular weight is 440 g/mol. The fourth-order valence-electron chi connectivity index (χ4n) is 3.01. The van der Waals surface area contributed by atoms with Crippen LogP contribution in [0.4, 0.5) is 0 Å². The van der Waals surface area contributed by atoms with Crippen molar-refractivity contribution < 1.29 is 18.8 Å². The van der Waals surface area contributed by atoms with Crippen molar-refractivity contribution in [2.45, 2.75) is 10.9 Å². The number of para-hydroxylation sites is 1. The van der Waals surface area contributed by atoms with Crippen molar-refractivity contribution >= 4 is 39.2 Å². The lowest BCUT2D eigenvalue weighted by molar-refractivity contribution is -0.118. The number of thioether (sulfide) groups is 1. The number of aromatic nitrogens is 2. The van der Waals surface area contributed by atoms with Gasteiger partial charge in [-0.1, -0.05) is 29.1 Å². The molecule has 30 heavy (non-hydrogen) atoms. The predicted octanol–water partition coefficient (Wildman–Crippen LogP) is 4.13. The highest BCUT2D eigenvalue weighted by molar-refractivity contribution is 8.01. The van der Waals surface area contributed by atoms with Gasteiger partial charge in [-0.15, -0.1) is 11.3 Å². The Morgan fingerprint density at radius 3 is 2.87 bits per heavy atom. The van der Waals surface area contributed by atoms with E-state index in [0.29, 0.717) is 42.7 Å². The molecule has 0 unspecified atom stereocenters. The lowest BCUT2D eigenvalue weighted by Gasteiger charge is -2.18. The highest BCUT2D eigenvalue weighted by Crippen LogP contribution is 2.34. The molecular formula is C21H17N3O4S2. The summed E-state index contributed by atoms with van der Waals surface area (Å²) in [5.41, 5.74) is 2.45. The third kappa shape index (κ3) is 4.12. The molecule has 0 aliphatic carbocycles. The zero-order chi connectivity index (χ0) is 20.3. The fourth-order valence-corrected chi connectivity index (χ4v) is 4.91. The number of carbonyl (C=O) groups excluding carboxylic acids is 1. The first-order valence-corrected chi connectivity index (χ1v) is 11.2. The van der Waals surface area contributed by atoms with Crippen LogP contribution in [0, 0.1) is 0 Å². The Balaban J connectivity index is 1.16. The van der Waals surface area contributed by atoms with Crippen LogP contribution in [0.1, 0.15) is 5.69 Å². The number of ether oxygens (including phenoxy) is 2. The van der Waals surface area contributed by atoms with E-state index in [1.807, 2.05) is 48.5 Å². The molecule has 0 spiro atoms. The summed E-state index contributed by atoms with van der Waals surface area (Å²) in [4.78, 5) is 16.7. The van der Waals surface area contributed by atoms with Crippen LogP contribution in [0.2, 0.25) is 0 Å². The Hall–Kier alpha value is -3.04. The van der Waals surface area contributed by atoms with Crippen molar-refractivity contribution in [2.75, 3.05) is 19.0 Å². The van der Waals surface area contributed by atoms with Crippen molar-refractivity contribution in [1.82, 2.24) is 15.5 Å². The normalized spacial score (nSPS) is 12.8. The molecule has 0 bridgehead atoms. The van der Waals surface area contributed by atoms with Crippen LogP contribution >= 0.6 is 23.1 Å². The summed E-state index contributed by atoms with van der Waals surface area (Å²) in [6, 6.07) is 15.4. The minimum Gasteiger partial charge on any atom is -0.486 e. The SMILES string of the molecule is O=C(CSc1nc2ccccc2s1)NCc1cc(-c2ccc3c(c2)OCCO3)on1. The number of fused-ring (bicyclic) bond motifs is 2. The number of benzene rings is 2. The second-order valence-electron chi connectivity index (χ2n) is 6.55. The highest BCUT2D eigenvalue weighted by Gasteiger charge is 2.15. The maximum Gasteiger partial charge on any atom is 0.230 e. The van der Waals surface area contributed by atoms with Gasteiger partial charge in [0.05, 0.1) is 22.5 Å². The van der Waals surface area contributed by atoms with Crippen molar-refractivity contribution in [2.24, 2.45) is 0 Å². The molecule has 5 rings (SSSR count). The number of amides is 1. The third-order valence-corrected chi connectivity index (χ3v) is 6.63. The van der Waals surface area contributed by atoms with E-state index >= 15 is 0 Å². The van der Waals surface area contributed by atoms with Crippen LogP contribution in [0.15, 0.2) is 57.4 Å². The van der Waals surface area contributed by atoms with Gasteiger partial charge < -0.3 is 19.3 Å². The summed E-state index contributed by atoms with van der Waals surface area (Å²) >= 11 is 3.02. The molecule has 0 radical (unpaired) electrons. The Labute approximate surface area is 180 Å². The summed E-state index contributed by atoms with van der Waals surface area (Å²) in [5.74, 6) is 2.25. The fraction of sp³-hybridized carbons (Fsp3) is 0.190. The number of nitrogens with zero attached hydrogens (tertiary/aromatic N) is 2. The number of thiazole rings is 1. The molecule has 1 aliphatic rings. The van der Waals surface area contributed by atoms with Crippen molar-refractivity contribution in [3.63, 3.8) is 0 Å². The number of hydrogen-bond donors (Lipinski definition) is 1. The van der Waals surface area contributed by atoms with E-state index in [1.165, 1.54) is 11.8 Å². The molecule has 2 aromatic heterocycles. The maximum absolute atomic E-state index is 12.2. The average Bonchev–Trinajstić information content (AvgIpc) is 3.42. The molecule has 152 valence electrons. The number of nitrogens with one attached hydrogen (secondary N) is 1. The molecule has 9 heteroatoms. The van der Waals surface area contributed by atoms with E-state index in [0.717, 1.165) is 25.9 Å². The van der Waals surface area contributed by atoms with Gasteiger partial charge in [0.2, 0.25) is 5.91 Å². The van der Waals surface area contributed by atoms with E-state index in [2.05, 4.69) is 15.5 Å². The summed E-state index contributed by atoms with van der Waals surface area (Å²) in [7, 11) is 0. The van der Waals surface area contributed by atoms with Crippen LogP contribution in [-0.4, -0.2) is 35.0 Å². The van der Waals surface area contributed by atoms with Crippen LogP contribution in [-0.2, 0) is 11.3 Å². The van der Waals surface area contributed by atoms with Gasteiger partial charge in [0.25, 0.3) is 0 Å². The Morgan fingerprint density at radius 1 is 1.10 bits per heavy atom. The van der Waals surface area contributed by atoms with Gasteiger partial charge >= 0.3 is 0 Å². The number of carbonyl (C=O) groups is 1. The minimum atomic E-state index is -0.0804. The van der Waals surface area contributed by atoms with Gasteiger partial charge in [-0.3, -0.25) is 4.79 Å². The minimum absolute atomic E-state index is 0.0804. The molecule has 1 amide bonds. The second kappa shape index (κ2) is 8.37. The second-order valence-corrected chi connectivity index (χ2v) is 8.81. The summed E-state index contributed by atoms with van der Waals surface area (Å²) < 4.78 is 18.6. The lowest BCUT2D eigenvalue weighted by atomic mass is 10.1. The van der Waals surface area contributed by atoms with E-state index in [1.54, 1.807) is 11.3 Å². The van der Waals surface area contributed by atoms with E-state index < -0.39 is 0 Å². The molecule has 3 heterocycles. The summed E-state index contributed by atoms with van der Waals surface area (Å²) in [6.07, 6.45) is 0. The van der Waals surface area contributed by atoms with Gasteiger partial charge in [-0.25, -0.2) is 4.98 Å². The Morgan fingerprint density at radius 2 is 1.97 bits per heavy atom. The van der Waals surface area contributed by atoms with E-state index in [-0.39, 0.29) is 5.91 Å². The molecule has 7 nitrogen and oxygen atoms in total. The summed E-state index contributed by atoms with van der Waals surface area (Å²) in [6.45, 7) is 1.38. The van der Waals surface area contributed by atoms with Crippen LogP contribution < -0.4 is 14.8 Å². The van der Waals surface area contributed by atoms with Gasteiger partial charge in [0.15, 0.2) is 21.6 Å². The molecule has 0 saturated carbocycles. The zero-order valence-corrected chi connectivity index (χ0v) is 17.4. The van der Waals surface area contributed by atoms with Crippen LogP contribution in [0.3, 0.4) is 0 Å². The zero-order valence-electron chi connectivity index (χ0n) is 15.8. The molecule has 4 aromatic rings. The monoisotopic (exact) mass is 439 g/mol. The standard InChI is InChI=1S/C21H17N3O4S2/c25-20(12-29-21-23-15-3-1-2-4-19(15)30-21)22-11-14-10-17(28-24-14)13-5-6-16-18(9-13)27-8-7-26-16/h1-6,9-10H,7-8,11-12H2,(H,22,25). The lowest BCUT2D eigenvalue weighted by Crippen LogP contribution is -2.24. The quantitative estimate of drug-likeness (QED) is 0.452. The predicted molar refractivity (Wildman–Crippen MR) is 115 cm³/mol. The van der Waals surface area contributed by atoms with Gasteiger partial charge in [0.1, 0.15) is 18.9 Å². The van der Waals surface area contributed by atoms with Gasteiger partial charge in [-0.05, 0) is 30.3 Å². The van der Waals surface area contributed by atoms with E-state index in [4.69, 9.17) is 14.0 Å². The van der Waals surface area contributed by atoms with E-state index in [9.17, 15) is 4.79 Å². The van der Waals surface area contributed by atoms with Crippen LogP contribution in [0.25, 0.3) is 21.5 Å². The number of rotatable bonds is 6. The molecule has 0 atom stereocenters. The maximum atomic E-state index is 12.2. The Bertz CT molecular complexity index is 1170. The smallest absolute Gasteiger partial charge is 0.230 e.